The van der Waals surface area contributed by atoms with E-state index in [1.54, 1.807) is 12.1 Å². The van der Waals surface area contributed by atoms with Crippen LogP contribution in [-0.2, 0) is 30.3 Å². The highest BCUT2D eigenvalue weighted by Crippen LogP contribution is 2.28. The van der Waals surface area contributed by atoms with Crippen molar-refractivity contribution in [1.29, 1.82) is 0 Å². The molecule has 4 aromatic carbocycles. The summed E-state index contributed by atoms with van der Waals surface area (Å²) in [5.74, 6) is -1.30. The topological polar surface area (TPSA) is 220 Å². The van der Waals surface area contributed by atoms with Crippen LogP contribution in [0.4, 0.5) is 26.2 Å². The van der Waals surface area contributed by atoms with Gasteiger partial charge in [0.05, 0.1) is 43.7 Å². The highest BCUT2D eigenvalue weighted by Gasteiger charge is 2.33. The van der Waals surface area contributed by atoms with Gasteiger partial charge in [0.15, 0.2) is 5.96 Å². The number of nitrogens with one attached hydrogen (secondary N) is 3. The molecule has 2 saturated heterocycles. The van der Waals surface area contributed by atoms with E-state index in [-0.39, 0.29) is 42.6 Å². The molecular formula is C41H50FN9O6. The number of benzene rings is 4. The van der Waals surface area contributed by atoms with Gasteiger partial charge in [-0.1, -0.05) is 60.7 Å². The quantitative estimate of drug-likeness (QED) is 0.0624. The summed E-state index contributed by atoms with van der Waals surface area (Å²) in [6.45, 7) is 4.69. The first-order valence-corrected chi connectivity index (χ1v) is 18.8. The molecule has 16 heteroatoms. The number of guanidine groups is 1. The molecule has 2 fully saturated rings. The molecule has 57 heavy (non-hydrogen) atoms. The minimum atomic E-state index is -0.778. The molecule has 2 aliphatic rings. The van der Waals surface area contributed by atoms with Crippen molar-refractivity contribution < 1.29 is 33.0 Å². The molecule has 2 aliphatic heterocycles. The van der Waals surface area contributed by atoms with E-state index in [4.69, 9.17) is 26.7 Å². The summed E-state index contributed by atoms with van der Waals surface area (Å²) in [6.07, 6.45) is 0.272. The molecule has 4 aromatic rings. The molecular weight excluding hydrogens is 734 g/mol. The number of amides is 4. The zero-order valence-electron chi connectivity index (χ0n) is 31.9. The molecule has 302 valence electrons. The van der Waals surface area contributed by atoms with E-state index in [0.29, 0.717) is 69.2 Å². The van der Waals surface area contributed by atoms with Gasteiger partial charge in [-0.3, -0.25) is 24.3 Å². The van der Waals surface area contributed by atoms with Gasteiger partial charge in [0, 0.05) is 32.2 Å². The monoisotopic (exact) mass is 783 g/mol. The lowest BCUT2D eigenvalue weighted by Crippen LogP contribution is -2.50. The summed E-state index contributed by atoms with van der Waals surface area (Å²) in [7, 11) is 0. The molecule has 0 aromatic heterocycles. The molecule has 3 atom stereocenters. The lowest BCUT2D eigenvalue weighted by molar-refractivity contribution is -0.127. The number of nitrogens with zero attached hydrogens (tertiary/aromatic N) is 3. The van der Waals surface area contributed by atoms with Gasteiger partial charge in [0.2, 0.25) is 17.7 Å². The number of carbonyl (C=O) groups excluding carboxylic acids is 4. The second-order valence-electron chi connectivity index (χ2n) is 13.6. The average molecular weight is 784 g/mol. The molecule has 15 nitrogen and oxygen atoms in total. The summed E-state index contributed by atoms with van der Waals surface area (Å²) >= 11 is 0. The third-order valence-corrected chi connectivity index (χ3v) is 9.28. The number of nitrogens with two attached hydrogens (primary N) is 3. The zero-order chi connectivity index (χ0) is 40.7. The number of cyclic esters (lactones) is 1. The van der Waals surface area contributed by atoms with Gasteiger partial charge in [-0.2, -0.15) is 0 Å². The predicted molar refractivity (Wildman–Crippen MR) is 218 cm³/mol. The molecule has 0 saturated carbocycles. The molecule has 2 heterocycles. The number of anilines is 3. The Bertz CT molecular complexity index is 2020. The fourth-order valence-corrected chi connectivity index (χ4v) is 6.33. The van der Waals surface area contributed by atoms with Crippen LogP contribution in [-0.4, -0.2) is 93.9 Å². The third-order valence-electron chi connectivity index (χ3n) is 9.28. The van der Waals surface area contributed by atoms with Crippen LogP contribution >= 0.6 is 0 Å². The van der Waals surface area contributed by atoms with Crippen LogP contribution < -0.4 is 43.0 Å². The van der Waals surface area contributed by atoms with Gasteiger partial charge >= 0.3 is 6.09 Å². The van der Waals surface area contributed by atoms with Gasteiger partial charge in [0.25, 0.3) is 0 Å². The highest BCUT2D eigenvalue weighted by molar-refractivity contribution is 5.99. The molecule has 0 unspecified atom stereocenters. The predicted octanol–water partition coefficient (Wildman–Crippen LogP) is 3.01. The summed E-state index contributed by atoms with van der Waals surface area (Å²) in [5, 5.41) is 10.4. The van der Waals surface area contributed by atoms with Crippen molar-refractivity contribution in [3.05, 3.63) is 102 Å². The van der Waals surface area contributed by atoms with Crippen molar-refractivity contribution in [3.63, 3.8) is 0 Å². The Morgan fingerprint density at radius 3 is 2.35 bits per heavy atom. The second-order valence-corrected chi connectivity index (χ2v) is 13.6. The van der Waals surface area contributed by atoms with Crippen LogP contribution in [0.3, 0.4) is 0 Å². The Morgan fingerprint density at radius 1 is 0.930 bits per heavy atom. The van der Waals surface area contributed by atoms with E-state index in [0.717, 1.165) is 16.3 Å². The number of hydrogen-bond acceptors (Lipinski definition) is 9. The molecule has 0 aliphatic carbocycles. The third kappa shape index (κ3) is 12.6. The summed E-state index contributed by atoms with van der Waals surface area (Å²) in [5.41, 5.74) is 19.4. The van der Waals surface area contributed by atoms with E-state index >= 15 is 0 Å². The SMILES string of the molecule is CC(=O)NC[C@H]1CN(c2ccc(N3CCOCC3)c(F)c2)C(=O)O1.NC(N)=NCCC[C@H](NC(=O)[C@@H](N)Cc1ccccc1)C(=O)Nc1ccc2ccccc2c1. The van der Waals surface area contributed by atoms with Crippen LogP contribution in [0.2, 0.25) is 0 Å². The first kappa shape index (κ1) is 41.9. The average Bonchev–Trinajstić information content (AvgIpc) is 3.59. The van der Waals surface area contributed by atoms with Crippen molar-refractivity contribution >= 4 is 57.6 Å². The van der Waals surface area contributed by atoms with Gasteiger partial charge in [-0.05, 0) is 65.9 Å². The Labute approximate surface area is 330 Å². The maximum absolute atomic E-state index is 14.4. The normalized spacial score (nSPS) is 16.1. The maximum Gasteiger partial charge on any atom is 0.414 e. The van der Waals surface area contributed by atoms with E-state index in [9.17, 15) is 23.6 Å². The van der Waals surface area contributed by atoms with Gasteiger partial charge in [-0.15, -0.1) is 0 Å². The van der Waals surface area contributed by atoms with E-state index in [1.165, 1.54) is 17.9 Å². The molecule has 0 bridgehead atoms. The Hall–Kier alpha value is -6.26. The first-order chi connectivity index (χ1) is 27.5. The second kappa shape index (κ2) is 20.6. The zero-order valence-corrected chi connectivity index (χ0v) is 31.9. The number of fused-ring (bicyclic) bond motifs is 1. The Kier molecular flexibility index (Phi) is 15.1. The first-order valence-electron chi connectivity index (χ1n) is 18.8. The van der Waals surface area contributed by atoms with Crippen LogP contribution in [0.1, 0.15) is 25.3 Å². The van der Waals surface area contributed by atoms with Crippen molar-refractivity contribution in [2.75, 3.05) is 61.1 Å². The number of carbonyl (C=O) groups is 4. The molecule has 6 rings (SSSR count). The number of rotatable bonds is 14. The van der Waals surface area contributed by atoms with Crippen molar-refractivity contribution in [1.82, 2.24) is 10.6 Å². The number of aliphatic imine (C=N–C) groups is 1. The summed E-state index contributed by atoms with van der Waals surface area (Å²) < 4.78 is 24.9. The lowest BCUT2D eigenvalue weighted by atomic mass is 10.0. The number of halogens is 1. The van der Waals surface area contributed by atoms with Crippen molar-refractivity contribution in [2.24, 2.45) is 22.2 Å². The van der Waals surface area contributed by atoms with Crippen molar-refractivity contribution in [2.45, 2.75) is 44.4 Å². The van der Waals surface area contributed by atoms with Crippen LogP contribution in [0.15, 0.2) is 96.0 Å². The fraction of sp³-hybridized carbons (Fsp3) is 0.341. The highest BCUT2D eigenvalue weighted by atomic mass is 19.1. The molecule has 9 N–H and O–H groups in total. The van der Waals surface area contributed by atoms with Gasteiger partial charge < -0.3 is 47.5 Å². The van der Waals surface area contributed by atoms with Gasteiger partial charge in [0.1, 0.15) is 18.0 Å². The molecule has 4 amide bonds. The number of morpholine rings is 1. The Morgan fingerprint density at radius 2 is 1.65 bits per heavy atom. The minimum Gasteiger partial charge on any atom is -0.442 e. The van der Waals surface area contributed by atoms with Crippen molar-refractivity contribution in [3.8, 4) is 0 Å². The van der Waals surface area contributed by atoms with Crippen LogP contribution in [0.5, 0.6) is 0 Å². The summed E-state index contributed by atoms with van der Waals surface area (Å²) in [4.78, 5) is 55.9. The lowest BCUT2D eigenvalue weighted by Gasteiger charge is -2.29. The molecule has 0 radical (unpaired) electrons. The summed E-state index contributed by atoms with van der Waals surface area (Å²) in [6, 6.07) is 26.2. The minimum absolute atomic E-state index is 0.0129. The van der Waals surface area contributed by atoms with E-state index in [2.05, 4.69) is 20.9 Å². The van der Waals surface area contributed by atoms with Crippen LogP contribution in [0, 0.1) is 5.82 Å². The number of ether oxygens (including phenoxy) is 2. The maximum atomic E-state index is 14.4. The number of hydrogen-bond donors (Lipinski definition) is 6. The smallest absolute Gasteiger partial charge is 0.414 e. The van der Waals surface area contributed by atoms with Crippen LogP contribution in [0.25, 0.3) is 10.8 Å². The molecule has 0 spiro atoms. The van der Waals surface area contributed by atoms with E-state index < -0.39 is 24.3 Å². The van der Waals surface area contributed by atoms with Gasteiger partial charge in [-0.25, -0.2) is 9.18 Å². The fourth-order valence-electron chi connectivity index (χ4n) is 6.33. The Balaban J connectivity index is 0.000000228. The largest absolute Gasteiger partial charge is 0.442 e. The van der Waals surface area contributed by atoms with E-state index in [1.807, 2.05) is 77.7 Å². The standard InChI is InChI=1S/C25H30N6O2.C16H20FN3O4/c26-21(15-17-7-2-1-3-8-17)23(32)31-22(11-6-14-29-25(27)28)24(33)30-20-13-12-18-9-4-5-10-19(18)16-20;1-11(21)18-9-13-10-20(16(22)24-13)12-2-3-15(14(17)8-12)19-4-6-23-7-5-19/h1-5,7-10,12-13,16,21-22H,6,11,14-15,26H2,(H,30,33)(H,31,32)(H4,27,28,29);2-3,8,13H,4-7,9-10H2,1H3,(H,18,21)/t21-,22-;13-/m00/s1.